The molecule has 1 aromatic rings. The Labute approximate surface area is 141 Å². The number of aromatic carboxylic acids is 1. The van der Waals surface area contributed by atoms with Gasteiger partial charge in [-0.3, -0.25) is 15.1 Å². The summed E-state index contributed by atoms with van der Waals surface area (Å²) in [6, 6.07) is 2.48. The SMILES string of the molecule is CSCCC(NCc1cc(C(=O)O)ccn1)C(=O)OC(C)(C)C. The summed E-state index contributed by atoms with van der Waals surface area (Å²) in [7, 11) is 0. The fourth-order valence-corrected chi connectivity index (χ4v) is 2.32. The second kappa shape index (κ2) is 8.88. The van der Waals surface area contributed by atoms with Gasteiger partial charge in [-0.05, 0) is 51.3 Å². The summed E-state index contributed by atoms with van der Waals surface area (Å²) in [5.41, 5.74) is 0.204. The van der Waals surface area contributed by atoms with E-state index in [1.165, 1.54) is 18.3 Å². The number of hydrogen-bond acceptors (Lipinski definition) is 6. The Morgan fingerprint density at radius 1 is 1.43 bits per heavy atom. The first-order valence-electron chi connectivity index (χ1n) is 7.36. The molecule has 0 aliphatic carbocycles. The van der Waals surface area contributed by atoms with E-state index < -0.39 is 17.6 Å². The Morgan fingerprint density at radius 3 is 2.70 bits per heavy atom. The summed E-state index contributed by atoms with van der Waals surface area (Å²) < 4.78 is 5.42. The van der Waals surface area contributed by atoms with E-state index in [1.807, 2.05) is 27.0 Å². The maximum atomic E-state index is 12.3. The highest BCUT2D eigenvalue weighted by atomic mass is 32.2. The quantitative estimate of drug-likeness (QED) is 0.702. The molecule has 2 N–H and O–H groups in total. The van der Waals surface area contributed by atoms with Crippen LogP contribution in [-0.2, 0) is 16.1 Å². The molecule has 1 rings (SSSR count). The first kappa shape index (κ1) is 19.4. The van der Waals surface area contributed by atoms with E-state index in [9.17, 15) is 9.59 Å². The second-order valence-corrected chi connectivity index (χ2v) is 7.08. The van der Waals surface area contributed by atoms with Crippen molar-refractivity contribution in [3.05, 3.63) is 29.6 Å². The van der Waals surface area contributed by atoms with Crippen LogP contribution < -0.4 is 5.32 Å². The molecule has 128 valence electrons. The van der Waals surface area contributed by atoms with Crippen LogP contribution in [0.5, 0.6) is 0 Å². The standard InChI is InChI=1S/C16H24N2O4S/c1-16(2,3)22-15(21)13(6-8-23-4)18-10-12-9-11(14(19)20)5-7-17-12/h5,7,9,13,18H,6,8,10H2,1-4H3,(H,19,20). The van der Waals surface area contributed by atoms with Crippen molar-refractivity contribution in [1.29, 1.82) is 0 Å². The van der Waals surface area contributed by atoms with Gasteiger partial charge in [-0.2, -0.15) is 11.8 Å². The van der Waals surface area contributed by atoms with Crippen LogP contribution in [0.2, 0.25) is 0 Å². The van der Waals surface area contributed by atoms with Gasteiger partial charge in [-0.1, -0.05) is 0 Å². The van der Waals surface area contributed by atoms with Crippen LogP contribution >= 0.6 is 11.8 Å². The fourth-order valence-electron chi connectivity index (χ4n) is 1.85. The molecular weight excluding hydrogens is 316 g/mol. The van der Waals surface area contributed by atoms with Crippen molar-refractivity contribution in [3.63, 3.8) is 0 Å². The van der Waals surface area contributed by atoms with Crippen molar-refractivity contribution in [2.24, 2.45) is 0 Å². The van der Waals surface area contributed by atoms with E-state index in [2.05, 4.69) is 10.3 Å². The van der Waals surface area contributed by atoms with Crippen LogP contribution in [-0.4, -0.2) is 45.7 Å². The number of aromatic nitrogens is 1. The number of ether oxygens (including phenoxy) is 1. The Hall–Kier alpha value is -1.60. The molecule has 7 heteroatoms. The van der Waals surface area contributed by atoms with Crippen LogP contribution in [0.1, 0.15) is 43.2 Å². The number of carboxylic acids is 1. The molecule has 0 saturated heterocycles. The van der Waals surface area contributed by atoms with Gasteiger partial charge in [-0.25, -0.2) is 4.79 Å². The molecule has 1 heterocycles. The van der Waals surface area contributed by atoms with Gasteiger partial charge in [0.05, 0.1) is 11.3 Å². The van der Waals surface area contributed by atoms with E-state index in [0.29, 0.717) is 18.7 Å². The summed E-state index contributed by atoms with van der Waals surface area (Å²) >= 11 is 1.65. The zero-order valence-electron chi connectivity index (χ0n) is 14.0. The number of esters is 1. The number of nitrogens with zero attached hydrogens (tertiary/aromatic N) is 1. The summed E-state index contributed by atoms with van der Waals surface area (Å²) in [5, 5.41) is 12.1. The molecule has 0 bridgehead atoms. The summed E-state index contributed by atoms with van der Waals surface area (Å²) in [5.74, 6) is -0.486. The number of rotatable bonds is 8. The zero-order valence-corrected chi connectivity index (χ0v) is 14.8. The lowest BCUT2D eigenvalue weighted by molar-refractivity contribution is -0.157. The first-order chi connectivity index (χ1) is 10.7. The molecule has 6 nitrogen and oxygen atoms in total. The molecule has 0 radical (unpaired) electrons. The molecule has 1 atom stereocenters. The van der Waals surface area contributed by atoms with Gasteiger partial charge in [0.15, 0.2) is 0 Å². The van der Waals surface area contributed by atoms with Crippen LogP contribution in [0.15, 0.2) is 18.3 Å². The third kappa shape index (κ3) is 7.47. The van der Waals surface area contributed by atoms with Gasteiger partial charge >= 0.3 is 11.9 Å². The van der Waals surface area contributed by atoms with Crippen LogP contribution in [0.3, 0.4) is 0 Å². The number of carboxylic acid groups (broad SMARTS) is 1. The summed E-state index contributed by atoms with van der Waals surface area (Å²) in [6.45, 7) is 5.79. The lowest BCUT2D eigenvalue weighted by Gasteiger charge is -2.24. The van der Waals surface area contributed by atoms with Crippen molar-refractivity contribution >= 4 is 23.7 Å². The summed E-state index contributed by atoms with van der Waals surface area (Å²) in [4.78, 5) is 27.3. The molecule has 0 aliphatic rings. The van der Waals surface area contributed by atoms with Gasteiger partial charge < -0.3 is 9.84 Å². The largest absolute Gasteiger partial charge is 0.478 e. The number of nitrogens with one attached hydrogen (secondary N) is 1. The van der Waals surface area contributed by atoms with Crippen LogP contribution in [0, 0.1) is 0 Å². The van der Waals surface area contributed by atoms with E-state index in [4.69, 9.17) is 9.84 Å². The lowest BCUT2D eigenvalue weighted by atomic mass is 10.1. The van der Waals surface area contributed by atoms with Crippen molar-refractivity contribution in [1.82, 2.24) is 10.3 Å². The van der Waals surface area contributed by atoms with E-state index in [-0.39, 0.29) is 11.5 Å². The molecule has 0 aromatic carbocycles. The Bertz CT molecular complexity index is 543. The normalized spacial score (nSPS) is 12.7. The average molecular weight is 340 g/mol. The lowest BCUT2D eigenvalue weighted by Crippen LogP contribution is -2.41. The number of carbonyl (C=O) groups is 2. The molecule has 0 amide bonds. The smallest absolute Gasteiger partial charge is 0.335 e. The maximum absolute atomic E-state index is 12.3. The van der Waals surface area contributed by atoms with Crippen LogP contribution in [0.4, 0.5) is 0 Å². The van der Waals surface area contributed by atoms with E-state index in [0.717, 1.165) is 5.75 Å². The van der Waals surface area contributed by atoms with E-state index >= 15 is 0 Å². The van der Waals surface area contributed by atoms with Gasteiger partial charge in [0.1, 0.15) is 11.6 Å². The average Bonchev–Trinajstić information content (AvgIpc) is 2.45. The number of thioether (sulfide) groups is 1. The number of carbonyl (C=O) groups excluding carboxylic acids is 1. The minimum Gasteiger partial charge on any atom is -0.478 e. The first-order valence-corrected chi connectivity index (χ1v) is 8.75. The van der Waals surface area contributed by atoms with Crippen molar-refractivity contribution in [2.75, 3.05) is 12.0 Å². The topological polar surface area (TPSA) is 88.5 Å². The molecule has 23 heavy (non-hydrogen) atoms. The molecular formula is C16H24N2O4S. The third-order valence-electron chi connectivity index (χ3n) is 2.90. The number of pyridine rings is 1. The van der Waals surface area contributed by atoms with Gasteiger partial charge in [-0.15, -0.1) is 0 Å². The minimum atomic E-state index is -1.00. The van der Waals surface area contributed by atoms with Crippen molar-refractivity contribution < 1.29 is 19.4 Å². The molecule has 0 fully saturated rings. The van der Waals surface area contributed by atoms with E-state index in [1.54, 1.807) is 11.8 Å². The Morgan fingerprint density at radius 2 is 2.13 bits per heavy atom. The van der Waals surface area contributed by atoms with Gasteiger partial charge in [0, 0.05) is 12.7 Å². The highest BCUT2D eigenvalue weighted by Gasteiger charge is 2.24. The van der Waals surface area contributed by atoms with Crippen molar-refractivity contribution in [3.8, 4) is 0 Å². The second-order valence-electron chi connectivity index (χ2n) is 6.09. The Balaban J connectivity index is 2.72. The molecule has 0 spiro atoms. The minimum absolute atomic E-state index is 0.176. The fraction of sp³-hybridized carbons (Fsp3) is 0.562. The monoisotopic (exact) mass is 340 g/mol. The van der Waals surface area contributed by atoms with Gasteiger partial charge in [0.25, 0.3) is 0 Å². The molecule has 0 saturated carbocycles. The molecule has 1 unspecified atom stereocenters. The van der Waals surface area contributed by atoms with Gasteiger partial charge in [0.2, 0.25) is 0 Å². The Kier molecular flexibility index (Phi) is 7.51. The predicted molar refractivity (Wildman–Crippen MR) is 90.7 cm³/mol. The molecule has 0 aliphatic heterocycles. The van der Waals surface area contributed by atoms with Crippen LogP contribution in [0.25, 0.3) is 0 Å². The number of hydrogen-bond donors (Lipinski definition) is 2. The third-order valence-corrected chi connectivity index (χ3v) is 3.54. The molecule has 1 aromatic heterocycles. The highest BCUT2D eigenvalue weighted by molar-refractivity contribution is 7.98. The predicted octanol–water partition coefficient (Wildman–Crippen LogP) is 2.33. The van der Waals surface area contributed by atoms with Crippen molar-refractivity contribution in [2.45, 2.75) is 45.4 Å². The highest BCUT2D eigenvalue weighted by Crippen LogP contribution is 2.12. The maximum Gasteiger partial charge on any atom is 0.335 e. The zero-order chi connectivity index (χ0) is 17.5. The summed E-state index contributed by atoms with van der Waals surface area (Å²) in [6.07, 6.45) is 4.06.